The van der Waals surface area contributed by atoms with Crippen molar-refractivity contribution in [3.8, 4) is 5.88 Å². The van der Waals surface area contributed by atoms with Crippen LogP contribution in [0.25, 0.3) is 10.8 Å². The van der Waals surface area contributed by atoms with Crippen LogP contribution in [0.1, 0.15) is 17.8 Å². The van der Waals surface area contributed by atoms with Gasteiger partial charge in [0.05, 0.1) is 18.7 Å². The predicted octanol–water partition coefficient (Wildman–Crippen LogP) is 4.91. The number of aromatic nitrogens is 4. The van der Waals surface area contributed by atoms with E-state index in [2.05, 4.69) is 34.9 Å². The summed E-state index contributed by atoms with van der Waals surface area (Å²) >= 11 is 6.37. The van der Waals surface area contributed by atoms with Crippen molar-refractivity contribution >= 4 is 40.0 Å². The summed E-state index contributed by atoms with van der Waals surface area (Å²) < 4.78 is 12.9. The van der Waals surface area contributed by atoms with E-state index in [1.807, 2.05) is 42.7 Å². The molecule has 0 aliphatic carbocycles. The van der Waals surface area contributed by atoms with E-state index in [0.29, 0.717) is 35.8 Å². The predicted molar refractivity (Wildman–Crippen MR) is 134 cm³/mol. The van der Waals surface area contributed by atoms with Crippen LogP contribution in [0.4, 0.5) is 16.3 Å². The first kappa shape index (κ1) is 22.9. The Hall–Kier alpha value is -3.85. The number of benzene rings is 1. The molecule has 1 aromatic carbocycles. The normalized spacial score (nSPS) is 14.9. The average molecular weight is 493 g/mol. The van der Waals surface area contributed by atoms with Crippen molar-refractivity contribution in [3.05, 3.63) is 71.5 Å². The minimum absolute atomic E-state index is 0.390. The number of ether oxygens (including phenoxy) is 2. The van der Waals surface area contributed by atoms with Crippen LogP contribution in [-0.2, 0) is 24.2 Å². The lowest BCUT2D eigenvalue weighted by Gasteiger charge is -2.23. The molecular formula is C25H25ClN6O3. The molecule has 3 aromatic heterocycles. The van der Waals surface area contributed by atoms with E-state index in [9.17, 15) is 4.79 Å². The number of hydrogen-bond donors (Lipinski definition) is 2. The van der Waals surface area contributed by atoms with E-state index in [1.54, 1.807) is 6.20 Å². The topological polar surface area (TPSA) is 103 Å². The van der Waals surface area contributed by atoms with Crippen molar-refractivity contribution in [3.63, 3.8) is 0 Å². The quantitative estimate of drug-likeness (QED) is 0.377. The maximum Gasteiger partial charge on any atom is 0.412 e. The monoisotopic (exact) mass is 492 g/mol. The van der Waals surface area contributed by atoms with Crippen molar-refractivity contribution in [1.82, 2.24) is 19.5 Å². The van der Waals surface area contributed by atoms with E-state index in [1.165, 1.54) is 13.3 Å². The van der Waals surface area contributed by atoms with Gasteiger partial charge in [-0.25, -0.2) is 19.7 Å². The number of pyridine rings is 2. The number of amides is 1. The number of carbonyl (C=O) groups excluding carboxylic acids is 1. The van der Waals surface area contributed by atoms with Gasteiger partial charge in [-0.2, -0.15) is 0 Å². The van der Waals surface area contributed by atoms with E-state index < -0.39 is 6.09 Å². The zero-order valence-corrected chi connectivity index (χ0v) is 20.0. The van der Waals surface area contributed by atoms with Gasteiger partial charge < -0.3 is 19.4 Å². The zero-order valence-electron chi connectivity index (χ0n) is 19.2. The number of rotatable bonds is 7. The Morgan fingerprint density at radius 2 is 2.09 bits per heavy atom. The van der Waals surface area contributed by atoms with Gasteiger partial charge in [0.25, 0.3) is 0 Å². The van der Waals surface area contributed by atoms with Crippen LogP contribution in [0.15, 0.2) is 55.1 Å². The number of methoxy groups -OCH3 is 1. The lowest BCUT2D eigenvalue weighted by atomic mass is 9.99. The summed E-state index contributed by atoms with van der Waals surface area (Å²) in [5.74, 6) is 2.56. The highest BCUT2D eigenvalue weighted by molar-refractivity contribution is 6.36. The number of carbonyl (C=O) groups is 1. The molecule has 1 amide bonds. The minimum atomic E-state index is -0.589. The zero-order chi connectivity index (χ0) is 24.2. The second-order valence-corrected chi connectivity index (χ2v) is 8.80. The van der Waals surface area contributed by atoms with Crippen molar-refractivity contribution in [2.24, 2.45) is 5.92 Å². The molecule has 1 aliphatic heterocycles. The van der Waals surface area contributed by atoms with E-state index >= 15 is 0 Å². The first-order valence-corrected chi connectivity index (χ1v) is 11.7. The second-order valence-electron chi connectivity index (χ2n) is 8.39. The van der Waals surface area contributed by atoms with Crippen molar-refractivity contribution in [2.45, 2.75) is 25.9 Å². The highest BCUT2D eigenvalue weighted by atomic mass is 35.5. The first-order chi connectivity index (χ1) is 17.1. The fourth-order valence-electron chi connectivity index (χ4n) is 4.17. The summed E-state index contributed by atoms with van der Waals surface area (Å²) in [5, 5.41) is 7.99. The molecule has 2 N–H and O–H groups in total. The van der Waals surface area contributed by atoms with Gasteiger partial charge in [0.2, 0.25) is 5.88 Å². The molecule has 180 valence electrons. The molecule has 0 saturated heterocycles. The van der Waals surface area contributed by atoms with Gasteiger partial charge in [0.15, 0.2) is 0 Å². The van der Waals surface area contributed by atoms with Crippen LogP contribution in [0.5, 0.6) is 5.88 Å². The summed E-state index contributed by atoms with van der Waals surface area (Å²) in [6, 6.07) is 9.60. The lowest BCUT2D eigenvalue weighted by Crippen LogP contribution is -2.24. The molecule has 1 atom stereocenters. The molecule has 35 heavy (non-hydrogen) atoms. The Balaban J connectivity index is 1.22. The molecular weight excluding hydrogens is 468 g/mol. The third-order valence-electron chi connectivity index (χ3n) is 6.06. The third-order valence-corrected chi connectivity index (χ3v) is 6.36. The highest BCUT2D eigenvalue weighted by Crippen LogP contribution is 2.30. The number of halogens is 1. The maximum atomic E-state index is 11.6. The number of fused-ring (bicyclic) bond motifs is 2. The molecule has 4 aromatic rings. The van der Waals surface area contributed by atoms with Crippen LogP contribution in [0.2, 0.25) is 5.02 Å². The van der Waals surface area contributed by atoms with Crippen molar-refractivity contribution < 1.29 is 14.3 Å². The minimum Gasteiger partial charge on any atom is -0.477 e. The van der Waals surface area contributed by atoms with Gasteiger partial charge in [-0.15, -0.1) is 0 Å². The largest absolute Gasteiger partial charge is 0.477 e. The van der Waals surface area contributed by atoms with E-state index in [-0.39, 0.29) is 0 Å². The second kappa shape index (κ2) is 10.2. The average Bonchev–Trinajstić information content (AvgIpc) is 3.36. The van der Waals surface area contributed by atoms with Gasteiger partial charge in [0.1, 0.15) is 11.6 Å². The lowest BCUT2D eigenvalue weighted by molar-refractivity contribution is 0.187. The molecule has 0 bridgehead atoms. The number of anilines is 2. The number of nitrogens with zero attached hydrogens (tertiary/aromatic N) is 4. The van der Waals surface area contributed by atoms with Gasteiger partial charge >= 0.3 is 6.09 Å². The Morgan fingerprint density at radius 3 is 2.97 bits per heavy atom. The number of imidazole rings is 1. The third kappa shape index (κ3) is 5.30. The SMILES string of the molecule is COC(=O)Nc1ncc(Cl)c2cc(NCc3ccnc(OCC4CCn5ccnc5C4)c3)ccc12. The van der Waals surface area contributed by atoms with Gasteiger partial charge in [-0.3, -0.25) is 5.32 Å². The Bertz CT molecular complexity index is 1360. The summed E-state index contributed by atoms with van der Waals surface area (Å²) in [4.78, 5) is 24.6. The molecule has 1 unspecified atom stereocenters. The van der Waals surface area contributed by atoms with Crippen molar-refractivity contribution in [2.75, 3.05) is 24.4 Å². The highest BCUT2D eigenvalue weighted by Gasteiger charge is 2.20. The molecule has 4 heterocycles. The number of hydrogen-bond acceptors (Lipinski definition) is 7. The standard InChI is InChI=1S/C25H25ClN6O3/c1-34-25(33)31-24-19-3-2-18(12-20(19)21(26)14-30-24)29-13-16-4-6-28-23(11-16)35-15-17-5-8-32-9-7-27-22(32)10-17/h2-4,6-7,9,11-12,14,17,29H,5,8,10,13,15H2,1H3,(H,30,31,33). The smallest absolute Gasteiger partial charge is 0.412 e. The van der Waals surface area contributed by atoms with E-state index in [4.69, 9.17) is 16.3 Å². The number of nitrogens with one attached hydrogen (secondary N) is 2. The molecule has 0 spiro atoms. The summed E-state index contributed by atoms with van der Waals surface area (Å²) in [5.41, 5.74) is 1.93. The molecule has 0 saturated carbocycles. The van der Waals surface area contributed by atoms with Crippen LogP contribution in [-0.4, -0.2) is 39.3 Å². The first-order valence-electron chi connectivity index (χ1n) is 11.3. The number of aryl methyl sites for hydroxylation is 1. The summed E-state index contributed by atoms with van der Waals surface area (Å²) in [6.45, 7) is 2.18. The van der Waals surface area contributed by atoms with Crippen LogP contribution < -0.4 is 15.4 Å². The van der Waals surface area contributed by atoms with Crippen LogP contribution >= 0.6 is 11.6 Å². The van der Waals surface area contributed by atoms with Crippen molar-refractivity contribution in [1.29, 1.82) is 0 Å². The summed E-state index contributed by atoms with van der Waals surface area (Å²) in [6.07, 6.45) is 8.55. The van der Waals surface area contributed by atoms with Gasteiger partial charge in [-0.05, 0) is 36.2 Å². The Labute approximate surface area is 207 Å². The molecule has 9 nitrogen and oxygen atoms in total. The van der Waals surface area contributed by atoms with Crippen LogP contribution in [0, 0.1) is 5.92 Å². The van der Waals surface area contributed by atoms with E-state index in [0.717, 1.165) is 47.2 Å². The molecule has 10 heteroatoms. The fraction of sp³-hybridized carbons (Fsp3) is 0.280. The Morgan fingerprint density at radius 1 is 1.17 bits per heavy atom. The molecule has 5 rings (SSSR count). The molecule has 0 fully saturated rings. The summed E-state index contributed by atoms with van der Waals surface area (Å²) in [7, 11) is 1.30. The fourth-order valence-corrected chi connectivity index (χ4v) is 4.38. The molecule has 0 radical (unpaired) electrons. The Kier molecular flexibility index (Phi) is 6.67. The maximum absolute atomic E-state index is 11.6. The van der Waals surface area contributed by atoms with Crippen LogP contribution in [0.3, 0.4) is 0 Å². The van der Waals surface area contributed by atoms with Gasteiger partial charge in [0, 0.05) is 72.7 Å². The van der Waals surface area contributed by atoms with Gasteiger partial charge in [-0.1, -0.05) is 11.6 Å². The molecule has 1 aliphatic rings.